The van der Waals surface area contributed by atoms with Crippen LogP contribution in [-0.4, -0.2) is 83.2 Å². The van der Waals surface area contributed by atoms with Gasteiger partial charge in [0.05, 0.1) is 30.6 Å². The van der Waals surface area contributed by atoms with Crippen LogP contribution in [0, 0.1) is 31.6 Å². The van der Waals surface area contributed by atoms with Crippen LogP contribution in [0.15, 0.2) is 43.5 Å². The van der Waals surface area contributed by atoms with Crippen molar-refractivity contribution in [3.63, 3.8) is 0 Å². The third kappa shape index (κ3) is 4.61. The minimum absolute atomic E-state index is 0.0622. The lowest BCUT2D eigenvalue weighted by Gasteiger charge is -2.41. The fourth-order valence-electron chi connectivity index (χ4n) is 6.96. The standard InChI is InChI=1S/C31H43N3O5/c1-8-15-32(7)28(36)25-24-13-14-31(39-24)26(25)29(37)34(23(18-35)20(5)10-3)27(31)30(38)33(16-9-2)22-17-19(4)11-12-21(22)6/h8-9,11-12,17,20,23-27,35H,1-2,10,13-16,18H2,3-7H3/t20-,23-,24+,25-,26-,27?,31?/m0/s1. The largest absolute Gasteiger partial charge is 0.394 e. The van der Waals surface area contributed by atoms with E-state index in [0.29, 0.717) is 19.4 Å². The normalized spacial score (nSPS) is 28.7. The number of fused-ring (bicyclic) bond motifs is 1. The molecule has 1 spiro atoms. The lowest BCUT2D eigenvalue weighted by Crippen LogP contribution is -2.60. The number of aliphatic hydroxyl groups excluding tert-OH is 1. The molecule has 3 heterocycles. The van der Waals surface area contributed by atoms with E-state index in [1.807, 2.05) is 45.9 Å². The number of amides is 3. The second kappa shape index (κ2) is 11.3. The van der Waals surface area contributed by atoms with Gasteiger partial charge in [0.2, 0.25) is 11.8 Å². The average Bonchev–Trinajstić information content (AvgIpc) is 3.56. The zero-order valence-electron chi connectivity index (χ0n) is 23.9. The van der Waals surface area contributed by atoms with Gasteiger partial charge in [-0.25, -0.2) is 0 Å². The van der Waals surface area contributed by atoms with E-state index in [4.69, 9.17) is 4.74 Å². The number of ether oxygens (including phenoxy) is 1. The Morgan fingerprint density at radius 1 is 1.23 bits per heavy atom. The highest BCUT2D eigenvalue weighted by atomic mass is 16.5. The maximum atomic E-state index is 14.7. The fourth-order valence-corrected chi connectivity index (χ4v) is 6.96. The first-order valence-corrected chi connectivity index (χ1v) is 14.0. The molecule has 3 fully saturated rings. The van der Waals surface area contributed by atoms with Gasteiger partial charge in [-0.1, -0.05) is 44.6 Å². The van der Waals surface area contributed by atoms with E-state index in [9.17, 15) is 19.5 Å². The SMILES string of the molecule is C=CCN(C)C(=O)[C@@H]1[C@H]2C(=O)N([C@@H](CO)[C@@H](C)CC)C(C(=O)N(CC=C)c3cc(C)ccc3C)C23CC[C@H]1O3. The minimum Gasteiger partial charge on any atom is -0.394 e. The number of rotatable bonds is 11. The number of carbonyl (C=O) groups excluding carboxylic acids is 3. The molecule has 0 saturated carbocycles. The van der Waals surface area contributed by atoms with Gasteiger partial charge in [0.15, 0.2) is 0 Å². The molecular weight excluding hydrogens is 494 g/mol. The molecule has 1 N–H and O–H groups in total. The maximum absolute atomic E-state index is 14.7. The molecular formula is C31H43N3O5. The molecule has 8 heteroatoms. The number of hydrogen-bond donors (Lipinski definition) is 1. The number of likely N-dealkylation sites (tertiary alicyclic amines) is 1. The summed E-state index contributed by atoms with van der Waals surface area (Å²) in [6.45, 7) is 15.9. The Hall–Kier alpha value is -2.97. The summed E-state index contributed by atoms with van der Waals surface area (Å²) in [7, 11) is 1.70. The van der Waals surface area contributed by atoms with Crippen LogP contribution < -0.4 is 4.90 Å². The third-order valence-electron chi connectivity index (χ3n) is 9.11. The second-order valence-corrected chi connectivity index (χ2v) is 11.5. The molecule has 3 saturated heterocycles. The zero-order chi connectivity index (χ0) is 28.6. The van der Waals surface area contributed by atoms with Crippen LogP contribution in [0.3, 0.4) is 0 Å². The van der Waals surface area contributed by atoms with Crippen molar-refractivity contribution in [3.05, 3.63) is 54.6 Å². The van der Waals surface area contributed by atoms with Gasteiger partial charge in [-0.3, -0.25) is 14.4 Å². The van der Waals surface area contributed by atoms with Crippen molar-refractivity contribution in [2.24, 2.45) is 17.8 Å². The summed E-state index contributed by atoms with van der Waals surface area (Å²) in [6, 6.07) is 4.40. The predicted octanol–water partition coefficient (Wildman–Crippen LogP) is 3.25. The van der Waals surface area contributed by atoms with Crippen molar-refractivity contribution in [2.75, 3.05) is 31.6 Å². The molecule has 8 nitrogen and oxygen atoms in total. The Balaban J connectivity index is 1.86. The molecule has 3 aliphatic heterocycles. The molecule has 1 aromatic carbocycles. The number of benzene rings is 1. The molecule has 0 aromatic heterocycles. The molecule has 7 atom stereocenters. The molecule has 3 aliphatic rings. The van der Waals surface area contributed by atoms with Crippen molar-refractivity contribution < 1.29 is 24.2 Å². The zero-order valence-corrected chi connectivity index (χ0v) is 23.9. The summed E-state index contributed by atoms with van der Waals surface area (Å²) < 4.78 is 6.62. The summed E-state index contributed by atoms with van der Waals surface area (Å²) in [5, 5.41) is 10.5. The van der Waals surface area contributed by atoms with Gasteiger partial charge in [-0.15, -0.1) is 13.2 Å². The van der Waals surface area contributed by atoms with Gasteiger partial charge in [0.25, 0.3) is 5.91 Å². The van der Waals surface area contributed by atoms with E-state index in [0.717, 1.165) is 23.2 Å². The number of hydrogen-bond acceptors (Lipinski definition) is 5. The highest BCUT2D eigenvalue weighted by molar-refractivity contribution is 6.05. The first-order valence-electron chi connectivity index (χ1n) is 14.0. The van der Waals surface area contributed by atoms with Crippen LogP contribution in [0.1, 0.15) is 44.2 Å². The molecule has 2 bridgehead atoms. The van der Waals surface area contributed by atoms with Crippen molar-refractivity contribution in [1.82, 2.24) is 9.80 Å². The molecule has 39 heavy (non-hydrogen) atoms. The summed E-state index contributed by atoms with van der Waals surface area (Å²) in [6.07, 6.45) is 4.72. The minimum atomic E-state index is -1.13. The van der Waals surface area contributed by atoms with Crippen LogP contribution in [0.25, 0.3) is 0 Å². The Morgan fingerprint density at radius 3 is 2.54 bits per heavy atom. The summed E-state index contributed by atoms with van der Waals surface area (Å²) in [5.41, 5.74) is 1.56. The van der Waals surface area contributed by atoms with Crippen LogP contribution in [0.5, 0.6) is 0 Å². The highest BCUT2D eigenvalue weighted by Gasteiger charge is 2.75. The quantitative estimate of drug-likeness (QED) is 0.438. The van der Waals surface area contributed by atoms with Gasteiger partial charge in [-0.05, 0) is 49.8 Å². The van der Waals surface area contributed by atoms with Gasteiger partial charge in [0.1, 0.15) is 11.6 Å². The molecule has 0 aliphatic carbocycles. The van der Waals surface area contributed by atoms with Crippen LogP contribution in [-0.2, 0) is 19.1 Å². The van der Waals surface area contributed by atoms with Crippen molar-refractivity contribution >= 4 is 23.4 Å². The van der Waals surface area contributed by atoms with E-state index in [1.165, 1.54) is 0 Å². The monoisotopic (exact) mass is 537 g/mol. The van der Waals surface area contributed by atoms with Gasteiger partial charge in [-0.2, -0.15) is 0 Å². The molecule has 0 radical (unpaired) electrons. The van der Waals surface area contributed by atoms with Crippen molar-refractivity contribution in [1.29, 1.82) is 0 Å². The highest BCUT2D eigenvalue weighted by Crippen LogP contribution is 2.59. The van der Waals surface area contributed by atoms with E-state index in [1.54, 1.807) is 33.9 Å². The van der Waals surface area contributed by atoms with Gasteiger partial charge >= 0.3 is 0 Å². The van der Waals surface area contributed by atoms with Crippen LogP contribution in [0.4, 0.5) is 5.69 Å². The van der Waals surface area contributed by atoms with E-state index < -0.39 is 35.6 Å². The lowest BCUT2D eigenvalue weighted by atomic mass is 9.70. The van der Waals surface area contributed by atoms with Crippen LogP contribution in [0.2, 0.25) is 0 Å². The smallest absolute Gasteiger partial charge is 0.253 e. The van der Waals surface area contributed by atoms with Gasteiger partial charge < -0.3 is 24.5 Å². The Labute approximate surface area is 232 Å². The number of likely N-dealkylation sites (N-methyl/N-ethyl adjacent to an activating group) is 1. The molecule has 2 unspecified atom stereocenters. The van der Waals surface area contributed by atoms with Crippen molar-refractivity contribution in [3.8, 4) is 0 Å². The van der Waals surface area contributed by atoms with Crippen molar-refractivity contribution in [2.45, 2.75) is 70.7 Å². The van der Waals surface area contributed by atoms with E-state index >= 15 is 0 Å². The third-order valence-corrected chi connectivity index (χ3v) is 9.11. The molecule has 4 rings (SSSR count). The van der Waals surface area contributed by atoms with E-state index in [-0.39, 0.29) is 36.8 Å². The number of nitrogens with zero attached hydrogens (tertiary/aromatic N) is 3. The van der Waals surface area contributed by atoms with Crippen LogP contribution >= 0.6 is 0 Å². The lowest BCUT2D eigenvalue weighted by molar-refractivity contribution is -0.148. The summed E-state index contributed by atoms with van der Waals surface area (Å²) in [4.78, 5) is 47.6. The number of carbonyl (C=O) groups is 3. The average molecular weight is 538 g/mol. The first-order chi connectivity index (χ1) is 18.6. The Kier molecular flexibility index (Phi) is 8.38. The number of aliphatic hydroxyl groups is 1. The topological polar surface area (TPSA) is 90.4 Å². The number of aryl methyl sites for hydroxylation is 2. The molecule has 1 aromatic rings. The molecule has 3 amide bonds. The Bertz CT molecular complexity index is 1150. The van der Waals surface area contributed by atoms with E-state index in [2.05, 4.69) is 13.2 Å². The maximum Gasteiger partial charge on any atom is 0.253 e. The second-order valence-electron chi connectivity index (χ2n) is 11.5. The summed E-state index contributed by atoms with van der Waals surface area (Å²) >= 11 is 0. The first kappa shape index (κ1) is 29.0. The number of anilines is 1. The van der Waals surface area contributed by atoms with Gasteiger partial charge in [0, 0.05) is 25.8 Å². The predicted molar refractivity (Wildman–Crippen MR) is 151 cm³/mol. The molecule has 212 valence electrons. The Morgan fingerprint density at radius 2 is 1.92 bits per heavy atom. The fraction of sp³-hybridized carbons (Fsp3) is 0.581. The summed E-state index contributed by atoms with van der Waals surface area (Å²) in [5.74, 6) is -2.25.